The van der Waals surface area contributed by atoms with E-state index in [2.05, 4.69) is 4.72 Å². The molecular weight excluding hydrogens is 256 g/mol. The quantitative estimate of drug-likeness (QED) is 0.546. The summed E-state index contributed by atoms with van der Waals surface area (Å²) >= 11 is 0. The van der Waals surface area contributed by atoms with Crippen molar-refractivity contribution in [2.75, 3.05) is 18.9 Å². The first kappa shape index (κ1) is 14.9. The fourth-order valence-electron chi connectivity index (χ4n) is 1.43. The second-order valence-electron chi connectivity index (χ2n) is 4.56. The van der Waals surface area contributed by atoms with Crippen molar-refractivity contribution in [1.82, 2.24) is 4.72 Å². The maximum Gasteiger partial charge on any atom is 0.241 e. The van der Waals surface area contributed by atoms with Gasteiger partial charge < -0.3 is 15.9 Å². The van der Waals surface area contributed by atoms with Crippen LogP contribution in [0.15, 0.2) is 23.1 Å². The highest BCUT2D eigenvalue weighted by Crippen LogP contribution is 2.18. The van der Waals surface area contributed by atoms with E-state index in [4.69, 9.17) is 15.9 Å². The van der Waals surface area contributed by atoms with Crippen molar-refractivity contribution in [1.29, 1.82) is 0 Å². The monoisotopic (exact) mass is 274 g/mol. The molecular formula is C11H18N2O4S. The molecule has 0 bridgehead atoms. The molecule has 0 aliphatic rings. The van der Waals surface area contributed by atoms with Gasteiger partial charge in [-0.15, -0.1) is 0 Å². The lowest BCUT2D eigenvalue weighted by molar-refractivity contribution is 0.122. The molecule has 0 spiro atoms. The number of nitrogens with two attached hydrogens (primary N) is 1. The van der Waals surface area contributed by atoms with Crippen LogP contribution in [-0.2, 0) is 10.0 Å². The number of anilines is 1. The minimum atomic E-state index is -3.84. The molecule has 0 aromatic heterocycles. The molecule has 5 N–H and O–H groups in total. The second kappa shape index (κ2) is 5.23. The first-order chi connectivity index (χ1) is 8.22. The fraction of sp³-hybridized carbons (Fsp3) is 0.455. The van der Waals surface area contributed by atoms with E-state index in [1.807, 2.05) is 0 Å². The van der Waals surface area contributed by atoms with Gasteiger partial charge in [-0.05, 0) is 37.6 Å². The fourth-order valence-corrected chi connectivity index (χ4v) is 2.96. The lowest BCUT2D eigenvalue weighted by atomic mass is 10.1. The Balaban J connectivity index is 3.14. The summed E-state index contributed by atoms with van der Waals surface area (Å²) in [5.41, 5.74) is 5.34. The summed E-state index contributed by atoms with van der Waals surface area (Å²) < 4.78 is 26.4. The molecule has 0 heterocycles. The summed E-state index contributed by atoms with van der Waals surface area (Å²) in [6, 6.07) is 4.44. The van der Waals surface area contributed by atoms with E-state index in [0.29, 0.717) is 11.3 Å². The normalized spacial score (nSPS) is 12.7. The maximum atomic E-state index is 12.1. The minimum absolute atomic E-state index is 0.00752. The van der Waals surface area contributed by atoms with Crippen LogP contribution >= 0.6 is 0 Å². The zero-order valence-corrected chi connectivity index (χ0v) is 11.2. The average molecular weight is 274 g/mol. The Morgan fingerprint density at radius 2 is 1.83 bits per heavy atom. The minimum Gasteiger partial charge on any atom is -0.399 e. The third-order valence-electron chi connectivity index (χ3n) is 2.46. The first-order valence-corrected chi connectivity index (χ1v) is 6.84. The number of nitrogen functional groups attached to an aromatic ring is 1. The van der Waals surface area contributed by atoms with E-state index in [-0.39, 0.29) is 4.90 Å². The number of aliphatic hydroxyl groups excluding tert-OH is 2. The second-order valence-corrected chi connectivity index (χ2v) is 6.24. The molecule has 0 unspecified atom stereocenters. The van der Waals surface area contributed by atoms with Crippen molar-refractivity contribution in [3.8, 4) is 0 Å². The van der Waals surface area contributed by atoms with Gasteiger partial charge in [0.25, 0.3) is 0 Å². The highest BCUT2D eigenvalue weighted by atomic mass is 32.2. The van der Waals surface area contributed by atoms with E-state index in [9.17, 15) is 8.42 Å². The van der Waals surface area contributed by atoms with Crippen LogP contribution in [0.5, 0.6) is 0 Å². The Morgan fingerprint density at radius 3 is 2.28 bits per heavy atom. The SMILES string of the molecule is Cc1cc(N)cc(S(=O)(=O)NC(C)(CO)CO)c1. The Hall–Kier alpha value is -1.15. The van der Waals surface area contributed by atoms with Gasteiger partial charge in [0, 0.05) is 5.69 Å². The molecule has 0 atom stereocenters. The van der Waals surface area contributed by atoms with Gasteiger partial charge in [0.15, 0.2) is 0 Å². The average Bonchev–Trinajstić information content (AvgIpc) is 2.27. The molecule has 6 nitrogen and oxygen atoms in total. The third-order valence-corrected chi connectivity index (χ3v) is 4.08. The highest BCUT2D eigenvalue weighted by Gasteiger charge is 2.29. The number of rotatable bonds is 5. The molecule has 18 heavy (non-hydrogen) atoms. The standard InChI is InChI=1S/C11H18N2O4S/c1-8-3-9(12)5-10(4-8)18(16,17)13-11(2,6-14)7-15/h3-5,13-15H,6-7,12H2,1-2H3. The summed E-state index contributed by atoms with van der Waals surface area (Å²) in [6.45, 7) is 2.12. The van der Waals surface area contributed by atoms with Crippen LogP contribution in [0.25, 0.3) is 0 Å². The molecule has 7 heteroatoms. The van der Waals surface area contributed by atoms with Gasteiger partial charge in [-0.2, -0.15) is 0 Å². The Morgan fingerprint density at radius 1 is 1.28 bits per heavy atom. The van der Waals surface area contributed by atoms with E-state index in [1.165, 1.54) is 19.1 Å². The predicted molar refractivity (Wildman–Crippen MR) is 68.5 cm³/mol. The molecule has 1 aromatic carbocycles. The number of nitrogens with one attached hydrogen (secondary N) is 1. The van der Waals surface area contributed by atoms with Gasteiger partial charge in [0.05, 0.1) is 23.6 Å². The summed E-state index contributed by atoms with van der Waals surface area (Å²) in [5.74, 6) is 0. The topological polar surface area (TPSA) is 113 Å². The van der Waals surface area contributed by atoms with Crippen molar-refractivity contribution in [3.63, 3.8) is 0 Å². The van der Waals surface area contributed by atoms with Gasteiger partial charge in [-0.1, -0.05) is 0 Å². The molecule has 0 fully saturated rings. The lowest BCUT2D eigenvalue weighted by Gasteiger charge is -2.25. The van der Waals surface area contributed by atoms with E-state index in [0.717, 1.165) is 0 Å². The van der Waals surface area contributed by atoms with Crippen LogP contribution in [0.2, 0.25) is 0 Å². The summed E-state index contributed by atoms with van der Waals surface area (Å²) in [6.07, 6.45) is 0. The van der Waals surface area contributed by atoms with Crippen LogP contribution in [-0.4, -0.2) is 37.4 Å². The molecule has 0 aliphatic carbocycles. The van der Waals surface area contributed by atoms with Gasteiger partial charge in [-0.25, -0.2) is 13.1 Å². The highest BCUT2D eigenvalue weighted by molar-refractivity contribution is 7.89. The summed E-state index contributed by atoms with van der Waals surface area (Å²) in [5, 5.41) is 18.2. The van der Waals surface area contributed by atoms with Gasteiger partial charge in [0.2, 0.25) is 10.0 Å². The molecule has 102 valence electrons. The van der Waals surface area contributed by atoms with E-state index >= 15 is 0 Å². The zero-order chi connectivity index (χ0) is 14.0. The number of aliphatic hydroxyl groups is 2. The number of sulfonamides is 1. The van der Waals surface area contributed by atoms with Gasteiger partial charge in [-0.3, -0.25) is 0 Å². The number of aryl methyl sites for hydroxylation is 1. The molecule has 0 aliphatic heterocycles. The Bertz CT molecular complexity index is 504. The van der Waals surface area contributed by atoms with Crippen LogP contribution in [0.4, 0.5) is 5.69 Å². The molecule has 0 radical (unpaired) electrons. The number of hydrogen-bond acceptors (Lipinski definition) is 5. The van der Waals surface area contributed by atoms with E-state index < -0.39 is 28.8 Å². The lowest BCUT2D eigenvalue weighted by Crippen LogP contribution is -2.51. The molecule has 1 aromatic rings. The third kappa shape index (κ3) is 3.42. The maximum absolute atomic E-state index is 12.1. The van der Waals surface area contributed by atoms with Gasteiger partial charge in [0.1, 0.15) is 0 Å². The van der Waals surface area contributed by atoms with Crippen LogP contribution in [0, 0.1) is 6.92 Å². The largest absolute Gasteiger partial charge is 0.399 e. The van der Waals surface area contributed by atoms with Crippen LogP contribution in [0.3, 0.4) is 0 Å². The van der Waals surface area contributed by atoms with Crippen molar-refractivity contribution < 1.29 is 18.6 Å². The van der Waals surface area contributed by atoms with Crippen molar-refractivity contribution in [2.45, 2.75) is 24.3 Å². The predicted octanol–water partition coefficient (Wildman–Crippen LogP) is -0.401. The molecule has 1 rings (SSSR count). The van der Waals surface area contributed by atoms with Crippen molar-refractivity contribution >= 4 is 15.7 Å². The van der Waals surface area contributed by atoms with Gasteiger partial charge >= 0.3 is 0 Å². The zero-order valence-electron chi connectivity index (χ0n) is 10.3. The van der Waals surface area contributed by atoms with Crippen molar-refractivity contribution in [2.24, 2.45) is 0 Å². The summed E-state index contributed by atoms with van der Waals surface area (Å²) in [7, 11) is -3.84. The molecule has 0 saturated carbocycles. The summed E-state index contributed by atoms with van der Waals surface area (Å²) in [4.78, 5) is 0.00752. The van der Waals surface area contributed by atoms with Crippen LogP contribution < -0.4 is 10.5 Å². The molecule has 0 saturated heterocycles. The molecule has 0 amide bonds. The first-order valence-electron chi connectivity index (χ1n) is 5.35. The smallest absolute Gasteiger partial charge is 0.241 e. The number of benzene rings is 1. The van der Waals surface area contributed by atoms with Crippen molar-refractivity contribution in [3.05, 3.63) is 23.8 Å². The van der Waals surface area contributed by atoms with E-state index in [1.54, 1.807) is 13.0 Å². The number of hydrogen-bond donors (Lipinski definition) is 4. The Kier molecular flexibility index (Phi) is 4.33. The van der Waals surface area contributed by atoms with Crippen LogP contribution in [0.1, 0.15) is 12.5 Å². The Labute approximate surface area is 106 Å².